The number of hydrogen-bond donors (Lipinski definition) is 4. The van der Waals surface area contributed by atoms with E-state index >= 15 is 0 Å². The molecule has 6 nitrogen and oxygen atoms in total. The molecule has 6 heteroatoms. The first-order chi connectivity index (χ1) is 16.5. The molecule has 2 aromatic rings. The number of carbonyl (C=O) groups excluding carboxylic acids is 1. The Morgan fingerprint density at radius 3 is 2.82 bits per heavy atom. The van der Waals surface area contributed by atoms with E-state index in [1.54, 1.807) is 0 Å². The van der Waals surface area contributed by atoms with Gasteiger partial charge in [-0.15, -0.1) is 0 Å². The SMILES string of the molecule is Cc1cc(C2NNC3CCC(C(=O)NC4CCCC(CO)(Cc5ccccc5)C4)CC32)ccn1. The Hall–Kier alpha value is -2.28. The summed E-state index contributed by atoms with van der Waals surface area (Å²) in [5, 5.41) is 13.7. The van der Waals surface area contributed by atoms with Crippen LogP contribution in [0.25, 0.3) is 0 Å². The minimum Gasteiger partial charge on any atom is -0.396 e. The van der Waals surface area contributed by atoms with Crippen molar-refractivity contribution >= 4 is 5.91 Å². The van der Waals surface area contributed by atoms with Crippen LogP contribution in [0.1, 0.15) is 67.8 Å². The molecule has 6 atom stereocenters. The number of benzene rings is 1. The van der Waals surface area contributed by atoms with Crippen LogP contribution in [0.5, 0.6) is 0 Å². The van der Waals surface area contributed by atoms with Crippen LogP contribution < -0.4 is 16.2 Å². The number of aryl methyl sites for hydroxylation is 1. The molecular weight excluding hydrogens is 424 g/mol. The van der Waals surface area contributed by atoms with Crippen molar-refractivity contribution in [1.29, 1.82) is 0 Å². The number of hydrazine groups is 1. The lowest BCUT2D eigenvalue weighted by Crippen LogP contribution is -2.48. The highest BCUT2D eigenvalue weighted by molar-refractivity contribution is 5.79. The minimum atomic E-state index is -0.140. The van der Waals surface area contributed by atoms with Crippen LogP contribution in [0.4, 0.5) is 0 Å². The minimum absolute atomic E-state index is 0.0490. The Labute approximate surface area is 202 Å². The molecule has 5 rings (SSSR count). The topological polar surface area (TPSA) is 86.3 Å². The van der Waals surface area contributed by atoms with Crippen LogP contribution in [-0.4, -0.2) is 34.7 Å². The third kappa shape index (κ3) is 5.04. The molecule has 182 valence electrons. The first kappa shape index (κ1) is 23.5. The summed E-state index contributed by atoms with van der Waals surface area (Å²) in [5.74, 6) is 0.647. The number of rotatable bonds is 6. The second-order valence-electron chi connectivity index (χ2n) is 10.9. The zero-order chi connectivity index (χ0) is 23.5. The smallest absolute Gasteiger partial charge is 0.223 e. The van der Waals surface area contributed by atoms with Gasteiger partial charge < -0.3 is 10.4 Å². The second-order valence-corrected chi connectivity index (χ2v) is 10.9. The predicted molar refractivity (Wildman–Crippen MR) is 133 cm³/mol. The molecule has 1 aliphatic heterocycles. The van der Waals surface area contributed by atoms with Crippen LogP contribution in [0.2, 0.25) is 0 Å². The van der Waals surface area contributed by atoms with Crippen molar-refractivity contribution in [2.24, 2.45) is 17.3 Å². The number of aliphatic hydroxyl groups excluding tert-OH is 1. The molecule has 2 aliphatic carbocycles. The number of hydrogen-bond acceptors (Lipinski definition) is 5. The van der Waals surface area contributed by atoms with E-state index in [1.807, 2.05) is 19.2 Å². The first-order valence-corrected chi connectivity index (χ1v) is 12.9. The maximum absolute atomic E-state index is 13.4. The summed E-state index contributed by atoms with van der Waals surface area (Å²) in [5.41, 5.74) is 10.4. The predicted octanol–water partition coefficient (Wildman–Crippen LogP) is 3.60. The molecule has 4 N–H and O–H groups in total. The number of aromatic nitrogens is 1. The number of carbonyl (C=O) groups is 1. The molecule has 0 bridgehead atoms. The van der Waals surface area contributed by atoms with E-state index in [9.17, 15) is 9.90 Å². The highest BCUT2D eigenvalue weighted by Crippen LogP contribution is 2.42. The van der Waals surface area contributed by atoms with Crippen LogP contribution in [0, 0.1) is 24.2 Å². The molecule has 2 heterocycles. The molecule has 34 heavy (non-hydrogen) atoms. The first-order valence-electron chi connectivity index (χ1n) is 12.9. The largest absolute Gasteiger partial charge is 0.396 e. The van der Waals surface area contributed by atoms with Gasteiger partial charge in [-0.05, 0) is 86.5 Å². The molecule has 3 aliphatic rings. The third-order valence-corrected chi connectivity index (χ3v) is 8.45. The van der Waals surface area contributed by atoms with Crippen molar-refractivity contribution < 1.29 is 9.90 Å². The van der Waals surface area contributed by atoms with Gasteiger partial charge in [0.1, 0.15) is 0 Å². The molecule has 0 spiro atoms. The number of aliphatic hydroxyl groups is 1. The monoisotopic (exact) mass is 462 g/mol. The molecule has 1 amide bonds. The maximum atomic E-state index is 13.4. The summed E-state index contributed by atoms with van der Waals surface area (Å²) in [6, 6.07) is 15.4. The van der Waals surface area contributed by atoms with Gasteiger partial charge >= 0.3 is 0 Å². The highest BCUT2D eigenvalue weighted by atomic mass is 16.3. The molecular formula is C28H38N4O2. The number of pyridine rings is 1. The van der Waals surface area contributed by atoms with Crippen LogP contribution in [0.3, 0.4) is 0 Å². The molecule has 1 saturated heterocycles. The van der Waals surface area contributed by atoms with Crippen molar-refractivity contribution in [3.63, 3.8) is 0 Å². The summed E-state index contributed by atoms with van der Waals surface area (Å²) >= 11 is 0. The summed E-state index contributed by atoms with van der Waals surface area (Å²) < 4.78 is 0. The molecule has 1 aromatic heterocycles. The van der Waals surface area contributed by atoms with Crippen molar-refractivity contribution in [2.75, 3.05) is 6.61 Å². The molecule has 1 aromatic carbocycles. The van der Waals surface area contributed by atoms with E-state index < -0.39 is 0 Å². The third-order valence-electron chi connectivity index (χ3n) is 8.45. The second kappa shape index (κ2) is 10.1. The van der Waals surface area contributed by atoms with Crippen LogP contribution in [0.15, 0.2) is 48.7 Å². The number of nitrogens with zero attached hydrogens (tertiary/aromatic N) is 1. The van der Waals surface area contributed by atoms with Gasteiger partial charge in [0.15, 0.2) is 0 Å². The number of amides is 1. The lowest BCUT2D eigenvalue weighted by molar-refractivity contribution is -0.128. The molecule has 2 saturated carbocycles. The Morgan fingerprint density at radius 1 is 1.18 bits per heavy atom. The molecule has 6 unspecified atom stereocenters. The highest BCUT2D eigenvalue weighted by Gasteiger charge is 2.43. The Bertz CT molecular complexity index is 983. The van der Waals surface area contributed by atoms with E-state index in [-0.39, 0.29) is 35.9 Å². The van der Waals surface area contributed by atoms with Gasteiger partial charge in [-0.25, -0.2) is 5.43 Å². The molecule has 0 radical (unpaired) electrons. The summed E-state index contributed by atoms with van der Waals surface area (Å²) in [6.45, 7) is 2.20. The fourth-order valence-electron chi connectivity index (χ4n) is 6.67. The average Bonchev–Trinajstić information content (AvgIpc) is 3.28. The van der Waals surface area contributed by atoms with Crippen molar-refractivity contribution in [2.45, 2.75) is 76.4 Å². The van der Waals surface area contributed by atoms with Gasteiger partial charge in [0.2, 0.25) is 5.91 Å². The Balaban J connectivity index is 1.22. The van der Waals surface area contributed by atoms with E-state index in [2.05, 4.69) is 57.6 Å². The van der Waals surface area contributed by atoms with Gasteiger partial charge in [-0.2, -0.15) is 0 Å². The van der Waals surface area contributed by atoms with E-state index in [4.69, 9.17) is 0 Å². The van der Waals surface area contributed by atoms with Crippen molar-refractivity contribution in [3.8, 4) is 0 Å². The summed E-state index contributed by atoms with van der Waals surface area (Å²) in [6.07, 6.45) is 9.49. The lowest BCUT2D eigenvalue weighted by Gasteiger charge is -2.41. The Kier molecular flexibility index (Phi) is 7.00. The van der Waals surface area contributed by atoms with E-state index in [0.29, 0.717) is 12.0 Å². The number of fused-ring (bicyclic) bond motifs is 1. The summed E-state index contributed by atoms with van der Waals surface area (Å²) in [4.78, 5) is 17.7. The fourth-order valence-corrected chi connectivity index (χ4v) is 6.67. The zero-order valence-electron chi connectivity index (χ0n) is 20.2. The quantitative estimate of drug-likeness (QED) is 0.527. The van der Waals surface area contributed by atoms with E-state index in [0.717, 1.165) is 57.1 Å². The van der Waals surface area contributed by atoms with Gasteiger partial charge in [-0.1, -0.05) is 36.8 Å². The lowest BCUT2D eigenvalue weighted by atomic mass is 9.69. The van der Waals surface area contributed by atoms with Crippen molar-refractivity contribution in [3.05, 3.63) is 65.5 Å². The standard InChI is InChI=1S/C28H38N4O2/c1-19-14-21(11-13-29-19)26-24-15-22(9-10-25(24)31-32-26)27(34)30-23-8-5-12-28(17-23,18-33)16-20-6-3-2-4-7-20/h2-4,6-7,11,13-14,22-26,31-33H,5,8-10,12,15-18H2,1H3,(H,30,34). The maximum Gasteiger partial charge on any atom is 0.223 e. The van der Waals surface area contributed by atoms with Gasteiger partial charge in [0, 0.05) is 36.5 Å². The van der Waals surface area contributed by atoms with E-state index in [1.165, 1.54) is 11.1 Å². The van der Waals surface area contributed by atoms with Gasteiger partial charge in [-0.3, -0.25) is 15.2 Å². The zero-order valence-corrected chi connectivity index (χ0v) is 20.2. The average molecular weight is 463 g/mol. The normalized spacial score (nSPS) is 33.3. The van der Waals surface area contributed by atoms with Gasteiger partial charge in [0.25, 0.3) is 0 Å². The number of nitrogens with one attached hydrogen (secondary N) is 3. The summed E-state index contributed by atoms with van der Waals surface area (Å²) in [7, 11) is 0. The van der Waals surface area contributed by atoms with Crippen molar-refractivity contribution in [1.82, 2.24) is 21.2 Å². The van der Waals surface area contributed by atoms with Crippen LogP contribution >= 0.6 is 0 Å². The fraction of sp³-hybridized carbons (Fsp3) is 0.571. The van der Waals surface area contributed by atoms with Crippen LogP contribution in [-0.2, 0) is 11.2 Å². The van der Waals surface area contributed by atoms with Gasteiger partial charge in [0.05, 0.1) is 6.04 Å². The molecule has 3 fully saturated rings. The Morgan fingerprint density at radius 2 is 2.03 bits per heavy atom.